The molecule has 3 aromatic rings. The molecule has 0 saturated heterocycles. The maximum absolute atomic E-state index is 11.5. The molecule has 1 atom stereocenters. The van der Waals surface area contributed by atoms with E-state index >= 15 is 0 Å². The van der Waals surface area contributed by atoms with Crippen LogP contribution >= 0.6 is 47.0 Å². The minimum Gasteiger partial charge on any atom is -0.468 e. The number of nitrogens with zero attached hydrogens (tertiary/aromatic N) is 4. The van der Waals surface area contributed by atoms with Crippen LogP contribution in [0.5, 0.6) is 0 Å². The van der Waals surface area contributed by atoms with E-state index in [9.17, 15) is 9.59 Å². The van der Waals surface area contributed by atoms with E-state index < -0.39 is 11.9 Å². The highest BCUT2D eigenvalue weighted by molar-refractivity contribution is 8.63. The highest BCUT2D eigenvalue weighted by Gasteiger charge is 2.24. The van der Waals surface area contributed by atoms with Crippen molar-refractivity contribution in [1.29, 1.82) is 0 Å². The largest absolute Gasteiger partial charge is 0.468 e. The summed E-state index contributed by atoms with van der Waals surface area (Å²) in [6.07, 6.45) is 9.31. The molecule has 7 nitrogen and oxygen atoms in total. The minimum atomic E-state index is -0.836. The number of hydrogen-bond acceptors (Lipinski definition) is 12. The summed E-state index contributed by atoms with van der Waals surface area (Å²) in [5.41, 5.74) is 2.23. The van der Waals surface area contributed by atoms with Crippen molar-refractivity contribution in [2.75, 3.05) is 7.11 Å². The zero-order chi connectivity index (χ0) is 25.3. The van der Waals surface area contributed by atoms with Gasteiger partial charge in [0.2, 0.25) is 0 Å². The molecule has 3 heterocycles. The zero-order valence-electron chi connectivity index (χ0n) is 17.7. The van der Waals surface area contributed by atoms with Crippen LogP contribution in [0.4, 0.5) is 0 Å². The Labute approximate surface area is 231 Å². The average Bonchev–Trinajstić information content (AvgIpc) is 3.22. The molecule has 0 aliphatic carbocycles. The number of Topliss-reactive ketones (excluding diaryl/α,β-unsaturated/α-hetero) is 1. The predicted molar refractivity (Wildman–Crippen MR) is 157 cm³/mol. The molecule has 17 heteroatoms. The van der Waals surface area contributed by atoms with Crippen LogP contribution in [0.15, 0.2) is 37.2 Å². The lowest BCUT2D eigenvalue weighted by Gasteiger charge is -2.06. The fourth-order valence-electron chi connectivity index (χ4n) is 1.92. The van der Waals surface area contributed by atoms with Crippen molar-refractivity contribution < 1.29 is 14.3 Å². The van der Waals surface area contributed by atoms with E-state index in [1.165, 1.54) is 48.5 Å². The number of methoxy groups -OCH3 is 1. The van der Waals surface area contributed by atoms with Crippen LogP contribution in [0.1, 0.15) is 23.0 Å². The van der Waals surface area contributed by atoms with Gasteiger partial charge in [0, 0.05) is 38.9 Å². The fourth-order valence-corrected chi connectivity index (χ4v) is 14.3. The van der Waals surface area contributed by atoms with Crippen LogP contribution < -0.4 is 0 Å². The van der Waals surface area contributed by atoms with E-state index in [0.717, 1.165) is 27.0 Å². The first kappa shape index (κ1) is 31.3. The highest BCUT2D eigenvalue weighted by Crippen LogP contribution is 2.31. The van der Waals surface area contributed by atoms with Gasteiger partial charge in [-0.1, -0.05) is 32.9 Å². The molecule has 0 saturated carbocycles. The molecule has 0 aliphatic rings. The van der Waals surface area contributed by atoms with Crippen molar-refractivity contribution in [2.24, 2.45) is 5.92 Å². The van der Waals surface area contributed by atoms with E-state index in [-0.39, 0.29) is 11.5 Å². The van der Waals surface area contributed by atoms with Gasteiger partial charge in [0.05, 0.1) is 30.1 Å². The summed E-state index contributed by atoms with van der Waals surface area (Å²) in [6, 6.07) is 0. The van der Waals surface area contributed by atoms with Gasteiger partial charge in [0.25, 0.3) is 0 Å². The topological polar surface area (TPSA) is 94.9 Å². The molecule has 0 aliphatic heterocycles. The van der Waals surface area contributed by atoms with Gasteiger partial charge in [-0.3, -0.25) is 24.5 Å². The van der Waals surface area contributed by atoms with Crippen LogP contribution in [-0.2, 0) is 59.8 Å². The molecule has 180 valence electrons. The molecular weight excluding hydrogens is 627 g/mol. The summed E-state index contributed by atoms with van der Waals surface area (Å²) in [6.45, 7) is 3.50. The van der Waals surface area contributed by atoms with Crippen molar-refractivity contribution in [2.45, 2.75) is 13.8 Å². The molecule has 0 radical (unpaired) electrons. The van der Waals surface area contributed by atoms with E-state index in [4.69, 9.17) is 12.2 Å². The standard InChI is InChI=1S/C9H10N2O3.C8H6N2S3.P2S5/c1-6(9(13)14-2)8(12)7-5-10-3-4-11-7;1-5-7(12-13-8(5)11)6-4-9-2-3-10-6;3-1-2-5-7-6-4/h3-6H,1-2H3;2-4H,1H3;. The Morgan fingerprint density at radius 1 is 1.12 bits per heavy atom. The number of aromatic nitrogens is 4. The van der Waals surface area contributed by atoms with Gasteiger partial charge < -0.3 is 4.74 Å². The van der Waals surface area contributed by atoms with Gasteiger partial charge in [-0.15, -0.1) is 0 Å². The minimum absolute atomic E-state index is 0.172. The molecule has 0 amide bonds. The first-order chi connectivity index (χ1) is 16.4. The SMILES string of the molecule is COC(=O)C(C)C(=O)c1cnccn1.Cc1c(-c2cnccn2)ssc1=S.S=PP=S=S=S=S. The maximum Gasteiger partial charge on any atom is 0.316 e. The van der Waals surface area contributed by atoms with Crippen LogP contribution in [0.2, 0.25) is 0 Å². The Kier molecular flexibility index (Phi) is 17.1. The summed E-state index contributed by atoms with van der Waals surface area (Å²) in [5, 5.41) is 0. The molecule has 0 spiro atoms. The average molecular weight is 643 g/mol. The van der Waals surface area contributed by atoms with Gasteiger partial charge in [-0.25, -0.2) is 4.98 Å². The quantitative estimate of drug-likeness (QED) is 0.0889. The Morgan fingerprint density at radius 3 is 2.26 bits per heavy atom. The molecular formula is C17H16N4O3P2S8. The molecule has 0 aromatic carbocycles. The van der Waals surface area contributed by atoms with Gasteiger partial charge >= 0.3 is 5.97 Å². The molecule has 0 fully saturated rings. The zero-order valence-corrected chi connectivity index (χ0v) is 26.0. The summed E-state index contributed by atoms with van der Waals surface area (Å²) < 4.78 is 5.40. The number of carbonyl (C=O) groups excluding carboxylic acids is 2. The Hall–Kier alpha value is -0.730. The number of hydrogen-bond donors (Lipinski definition) is 0. The number of ketones is 1. The maximum atomic E-state index is 11.5. The first-order valence-corrected chi connectivity index (χ1v) is 19.8. The van der Waals surface area contributed by atoms with Crippen LogP contribution in [0.25, 0.3) is 10.6 Å². The molecule has 3 aromatic heterocycles. The highest BCUT2D eigenvalue weighted by atomic mass is 33.3. The molecule has 1 unspecified atom stereocenters. The Balaban J connectivity index is 0.000000270. The van der Waals surface area contributed by atoms with E-state index in [1.54, 1.807) is 57.7 Å². The third kappa shape index (κ3) is 11.3. The molecule has 0 bridgehead atoms. The first-order valence-electron chi connectivity index (χ1n) is 8.76. The van der Waals surface area contributed by atoms with E-state index in [2.05, 4.69) is 47.7 Å². The predicted octanol–water partition coefficient (Wildman–Crippen LogP) is 5.48. The number of ether oxygens (including phenoxy) is 1. The molecule has 3 rings (SSSR count). The van der Waals surface area contributed by atoms with E-state index in [1.807, 2.05) is 6.92 Å². The van der Waals surface area contributed by atoms with Crippen LogP contribution in [-0.4, -0.2) is 38.8 Å². The Morgan fingerprint density at radius 2 is 1.79 bits per heavy atom. The fraction of sp³-hybridized carbons (Fsp3) is 0.235. The van der Waals surface area contributed by atoms with Crippen molar-refractivity contribution in [3.05, 3.63) is 52.3 Å². The molecule has 0 N–H and O–H groups in total. The summed E-state index contributed by atoms with van der Waals surface area (Å²) in [5.74, 6) is -1.79. The number of esters is 1. The van der Waals surface area contributed by atoms with Gasteiger partial charge in [0.15, 0.2) is 5.78 Å². The van der Waals surface area contributed by atoms with Gasteiger partial charge in [-0.05, 0) is 69.7 Å². The second-order valence-electron chi connectivity index (χ2n) is 5.57. The third-order valence-electron chi connectivity index (χ3n) is 3.53. The lowest BCUT2D eigenvalue weighted by atomic mass is 10.0. The number of rotatable bonds is 5. The van der Waals surface area contributed by atoms with Crippen LogP contribution in [0, 0.1) is 16.7 Å². The van der Waals surface area contributed by atoms with Crippen molar-refractivity contribution >= 4 is 109 Å². The lowest BCUT2D eigenvalue weighted by Crippen LogP contribution is -2.23. The van der Waals surface area contributed by atoms with Crippen molar-refractivity contribution in [3.63, 3.8) is 0 Å². The summed E-state index contributed by atoms with van der Waals surface area (Å²) in [4.78, 5) is 39.5. The van der Waals surface area contributed by atoms with Crippen molar-refractivity contribution in [3.8, 4) is 10.6 Å². The Bertz CT molecular complexity index is 1290. The lowest BCUT2D eigenvalue weighted by molar-refractivity contribution is -0.143. The normalized spacial score (nSPS) is 10.6. The van der Waals surface area contributed by atoms with Gasteiger partial charge in [0.1, 0.15) is 15.4 Å². The summed E-state index contributed by atoms with van der Waals surface area (Å²) >= 11 is 14.4. The number of carbonyl (C=O) groups is 2. The third-order valence-corrected chi connectivity index (χ3v) is 16.9. The summed E-state index contributed by atoms with van der Waals surface area (Å²) in [7, 11) is 11.3. The monoisotopic (exact) mass is 642 g/mol. The van der Waals surface area contributed by atoms with E-state index in [0.29, 0.717) is 0 Å². The van der Waals surface area contributed by atoms with Crippen LogP contribution in [0.3, 0.4) is 0 Å². The second-order valence-corrected chi connectivity index (χ2v) is 18.1. The molecule has 34 heavy (non-hydrogen) atoms. The van der Waals surface area contributed by atoms with Gasteiger partial charge in [-0.2, -0.15) is 0 Å². The smallest absolute Gasteiger partial charge is 0.316 e. The van der Waals surface area contributed by atoms with Crippen molar-refractivity contribution in [1.82, 2.24) is 19.9 Å². The second kappa shape index (κ2) is 18.5.